The van der Waals surface area contributed by atoms with E-state index in [0.717, 1.165) is 6.07 Å². The van der Waals surface area contributed by atoms with E-state index in [-0.39, 0.29) is 10.7 Å². The number of aromatic nitrogens is 2. The van der Waals surface area contributed by atoms with Crippen LogP contribution in [0.5, 0.6) is 5.75 Å². The number of benzene rings is 1. The van der Waals surface area contributed by atoms with Crippen LogP contribution in [0.15, 0.2) is 12.1 Å². The van der Waals surface area contributed by atoms with E-state index in [9.17, 15) is 26.7 Å². The summed E-state index contributed by atoms with van der Waals surface area (Å²) in [6.07, 6.45) is -8.07. The van der Waals surface area contributed by atoms with Gasteiger partial charge in [0, 0.05) is 6.07 Å². The molecule has 130 valence electrons. The first kappa shape index (κ1) is 18.6. The zero-order valence-electron chi connectivity index (χ0n) is 11.0. The van der Waals surface area contributed by atoms with Crippen molar-refractivity contribution >= 4 is 46.3 Å². The van der Waals surface area contributed by atoms with E-state index in [1.165, 1.54) is 0 Å². The zero-order valence-corrected chi connectivity index (χ0v) is 13.3. The quantitative estimate of drug-likeness (QED) is 0.729. The molecule has 0 saturated carbocycles. The van der Waals surface area contributed by atoms with E-state index in [4.69, 9.17) is 23.2 Å². The van der Waals surface area contributed by atoms with Gasteiger partial charge in [-0.05, 0) is 17.6 Å². The lowest BCUT2D eigenvalue weighted by molar-refractivity contribution is -0.274. The third-order valence-corrected chi connectivity index (χ3v) is 3.77. The number of rotatable bonds is 4. The normalized spacial score (nSPS) is 11.7. The summed E-state index contributed by atoms with van der Waals surface area (Å²) in [4.78, 5) is 11.5. The number of hydrogen-bond donors (Lipinski definition) is 1. The van der Waals surface area contributed by atoms with Crippen LogP contribution < -0.4 is 10.1 Å². The van der Waals surface area contributed by atoms with E-state index >= 15 is 0 Å². The Balaban J connectivity index is 2.30. The lowest BCUT2D eigenvalue weighted by Gasteiger charge is -2.13. The highest BCUT2D eigenvalue weighted by Gasteiger charge is 2.32. The average Bonchev–Trinajstić information content (AvgIpc) is 2.92. The predicted molar refractivity (Wildman–Crippen MR) is 76.0 cm³/mol. The van der Waals surface area contributed by atoms with Crippen molar-refractivity contribution in [3.63, 3.8) is 0 Å². The molecule has 0 aliphatic heterocycles. The minimum Gasteiger partial charge on any atom is -0.404 e. The molecule has 0 aliphatic carbocycles. The van der Waals surface area contributed by atoms with Crippen molar-refractivity contribution in [2.24, 2.45) is 0 Å². The number of ether oxygens (including phenoxy) is 1. The summed E-state index contributed by atoms with van der Waals surface area (Å²) in [7, 11) is 0. The van der Waals surface area contributed by atoms with Crippen molar-refractivity contribution in [1.29, 1.82) is 0 Å². The van der Waals surface area contributed by atoms with Crippen LogP contribution in [0.25, 0.3) is 0 Å². The van der Waals surface area contributed by atoms with Crippen LogP contribution in [0.4, 0.5) is 27.6 Å². The van der Waals surface area contributed by atoms with Gasteiger partial charge in [-0.3, -0.25) is 4.79 Å². The summed E-state index contributed by atoms with van der Waals surface area (Å²) in [6.45, 7) is 0. The molecule has 0 bridgehead atoms. The Hall–Kier alpha value is -1.72. The number of halogens is 7. The Labute approximate surface area is 144 Å². The molecule has 2 rings (SSSR count). The maximum atomic E-state index is 12.7. The van der Waals surface area contributed by atoms with Gasteiger partial charge in [-0.2, -0.15) is 0 Å². The maximum absolute atomic E-state index is 12.7. The largest absolute Gasteiger partial charge is 0.573 e. The minimum atomic E-state index is -5.02. The van der Waals surface area contributed by atoms with Crippen molar-refractivity contribution in [1.82, 2.24) is 9.59 Å². The third-order valence-electron chi connectivity index (χ3n) is 2.42. The molecule has 1 aromatic carbocycles. The summed E-state index contributed by atoms with van der Waals surface area (Å²) in [5.74, 6) is -1.89. The Kier molecular flexibility index (Phi) is 5.45. The van der Waals surface area contributed by atoms with Crippen LogP contribution in [0, 0.1) is 0 Å². The number of hydrogen-bond acceptors (Lipinski definition) is 5. The number of alkyl halides is 5. The second kappa shape index (κ2) is 7.03. The highest BCUT2D eigenvalue weighted by atomic mass is 35.5. The Morgan fingerprint density at radius 2 is 1.92 bits per heavy atom. The van der Waals surface area contributed by atoms with Crippen LogP contribution in [-0.2, 0) is 0 Å². The fourth-order valence-corrected chi connectivity index (χ4v) is 2.54. The lowest BCUT2D eigenvalue weighted by Crippen LogP contribution is -2.18. The van der Waals surface area contributed by atoms with E-state index in [1.54, 1.807) is 0 Å². The fourth-order valence-electron chi connectivity index (χ4n) is 1.50. The Morgan fingerprint density at radius 1 is 1.25 bits per heavy atom. The van der Waals surface area contributed by atoms with Crippen LogP contribution in [0.1, 0.15) is 21.8 Å². The predicted octanol–water partition coefficient (Wildman–Crippen LogP) is 4.93. The first-order chi connectivity index (χ1) is 11.1. The number of carbonyl (C=O) groups is 1. The molecule has 0 radical (unpaired) electrons. The summed E-state index contributed by atoms with van der Waals surface area (Å²) >= 11 is 11.7. The molecule has 0 unspecified atom stereocenters. The van der Waals surface area contributed by atoms with Gasteiger partial charge in [0.05, 0.1) is 15.7 Å². The monoisotopic (exact) mass is 407 g/mol. The van der Waals surface area contributed by atoms with Gasteiger partial charge < -0.3 is 10.1 Å². The summed E-state index contributed by atoms with van der Waals surface area (Å²) in [6, 6.07) is 1.62. The maximum Gasteiger partial charge on any atom is 0.573 e. The summed E-state index contributed by atoms with van der Waals surface area (Å²) in [5.41, 5.74) is -1.17. The second-order valence-electron chi connectivity index (χ2n) is 4.05. The molecular formula is C11H4Cl2F5N3O2S. The van der Waals surface area contributed by atoms with E-state index < -0.39 is 40.0 Å². The number of nitrogens with one attached hydrogen (secondary N) is 1. The van der Waals surface area contributed by atoms with Crippen LogP contribution in [-0.4, -0.2) is 21.9 Å². The van der Waals surface area contributed by atoms with Gasteiger partial charge in [0.15, 0.2) is 5.69 Å². The van der Waals surface area contributed by atoms with Crippen molar-refractivity contribution in [3.05, 3.63) is 32.7 Å². The van der Waals surface area contributed by atoms with Crippen molar-refractivity contribution in [2.45, 2.75) is 12.8 Å². The van der Waals surface area contributed by atoms with Gasteiger partial charge in [-0.15, -0.1) is 18.3 Å². The number of carbonyl (C=O) groups excluding carboxylic acids is 1. The fraction of sp³-hybridized carbons (Fsp3) is 0.182. The van der Waals surface area contributed by atoms with Gasteiger partial charge in [0.2, 0.25) is 0 Å². The van der Waals surface area contributed by atoms with Crippen LogP contribution >= 0.6 is 34.7 Å². The second-order valence-corrected chi connectivity index (χ2v) is 5.62. The lowest BCUT2D eigenvalue weighted by atomic mass is 10.2. The van der Waals surface area contributed by atoms with E-state index in [2.05, 4.69) is 19.6 Å². The number of anilines is 1. The molecule has 5 nitrogen and oxygen atoms in total. The molecule has 1 aromatic heterocycles. The zero-order chi connectivity index (χ0) is 18.1. The van der Waals surface area contributed by atoms with Gasteiger partial charge in [-0.25, -0.2) is 8.78 Å². The molecule has 1 amide bonds. The summed E-state index contributed by atoms with van der Waals surface area (Å²) in [5, 5.41) is 4.51. The molecule has 13 heteroatoms. The van der Waals surface area contributed by atoms with Crippen LogP contribution in [0.2, 0.25) is 10.0 Å². The van der Waals surface area contributed by atoms with Crippen LogP contribution in [0.3, 0.4) is 0 Å². The SMILES string of the molecule is O=C(Nc1cc(OC(F)(F)F)c(Cl)cc1Cl)c1snnc1C(F)F. The molecule has 0 fully saturated rings. The molecule has 0 atom stereocenters. The van der Waals surface area contributed by atoms with Gasteiger partial charge in [0.1, 0.15) is 10.6 Å². The van der Waals surface area contributed by atoms with Crippen molar-refractivity contribution in [3.8, 4) is 5.75 Å². The molecule has 1 N–H and O–H groups in total. The molecule has 0 spiro atoms. The van der Waals surface area contributed by atoms with Gasteiger partial charge in [-0.1, -0.05) is 27.7 Å². The summed E-state index contributed by atoms with van der Waals surface area (Å²) < 4.78 is 69.1. The number of nitrogens with zero attached hydrogens (tertiary/aromatic N) is 2. The minimum absolute atomic E-state index is 0.223. The Morgan fingerprint density at radius 3 is 2.50 bits per heavy atom. The standard InChI is InChI=1S/C11H4Cl2F5N3O2S/c12-3-1-4(13)6(23-11(16,17)18)2-5(3)19-10(22)8-7(9(14)15)20-21-24-8/h1-2,9H,(H,19,22). The van der Waals surface area contributed by atoms with Gasteiger partial charge in [0.25, 0.3) is 12.3 Å². The molecule has 1 heterocycles. The molecular weight excluding hydrogens is 404 g/mol. The van der Waals surface area contributed by atoms with E-state index in [0.29, 0.717) is 17.6 Å². The third kappa shape index (κ3) is 4.42. The van der Waals surface area contributed by atoms with Crippen molar-refractivity contribution in [2.75, 3.05) is 5.32 Å². The molecule has 2 aromatic rings. The van der Waals surface area contributed by atoms with Crippen molar-refractivity contribution < 1.29 is 31.5 Å². The highest BCUT2D eigenvalue weighted by molar-refractivity contribution is 7.08. The highest BCUT2D eigenvalue weighted by Crippen LogP contribution is 2.37. The first-order valence-electron chi connectivity index (χ1n) is 5.75. The number of amides is 1. The molecule has 0 saturated heterocycles. The molecule has 24 heavy (non-hydrogen) atoms. The molecule has 0 aliphatic rings. The Bertz CT molecular complexity index is 769. The smallest absolute Gasteiger partial charge is 0.404 e. The van der Waals surface area contributed by atoms with E-state index in [1.807, 2.05) is 0 Å². The van der Waals surface area contributed by atoms with Gasteiger partial charge >= 0.3 is 6.36 Å². The topological polar surface area (TPSA) is 64.1 Å². The first-order valence-corrected chi connectivity index (χ1v) is 7.28. The average molecular weight is 408 g/mol.